The maximum Gasteiger partial charge on any atom is 0.334 e. The van der Waals surface area contributed by atoms with Crippen molar-refractivity contribution in [1.29, 1.82) is 0 Å². The highest BCUT2D eigenvalue weighted by atomic mass is 16.5. The molecular formula is C13H16O4. The number of fused-ring (bicyclic) bond motifs is 2. The van der Waals surface area contributed by atoms with E-state index in [0.29, 0.717) is 12.3 Å². The summed E-state index contributed by atoms with van der Waals surface area (Å²) < 4.78 is 9.55. The lowest BCUT2D eigenvalue weighted by Gasteiger charge is -2.33. The maximum atomic E-state index is 12.1. The largest absolute Gasteiger partial charge is 0.468 e. The van der Waals surface area contributed by atoms with Crippen LogP contribution in [-0.4, -0.2) is 26.2 Å². The van der Waals surface area contributed by atoms with E-state index >= 15 is 0 Å². The molecule has 92 valence electrons. The van der Waals surface area contributed by atoms with E-state index in [2.05, 4.69) is 17.4 Å². The summed E-state index contributed by atoms with van der Waals surface area (Å²) in [5.41, 5.74) is -0.704. The van der Waals surface area contributed by atoms with Gasteiger partial charge in [-0.1, -0.05) is 18.7 Å². The van der Waals surface area contributed by atoms with Crippen LogP contribution >= 0.6 is 0 Å². The van der Waals surface area contributed by atoms with E-state index in [4.69, 9.17) is 4.74 Å². The molecule has 0 saturated heterocycles. The fourth-order valence-corrected chi connectivity index (χ4v) is 3.05. The minimum atomic E-state index is -0.915. The van der Waals surface area contributed by atoms with E-state index in [1.165, 1.54) is 14.2 Å². The first kappa shape index (κ1) is 11.9. The Morgan fingerprint density at radius 1 is 1.29 bits per heavy atom. The molecule has 2 aliphatic carbocycles. The lowest BCUT2D eigenvalue weighted by molar-refractivity contribution is -0.155. The minimum Gasteiger partial charge on any atom is -0.468 e. The van der Waals surface area contributed by atoms with Crippen molar-refractivity contribution in [3.8, 4) is 0 Å². The van der Waals surface area contributed by atoms with Gasteiger partial charge in [-0.2, -0.15) is 0 Å². The van der Waals surface area contributed by atoms with Gasteiger partial charge in [0.2, 0.25) is 0 Å². The first-order chi connectivity index (χ1) is 8.06. The Bertz CT molecular complexity index is 410. The molecule has 2 aliphatic rings. The number of rotatable bonds is 3. The summed E-state index contributed by atoms with van der Waals surface area (Å²) in [6.07, 6.45) is 5.55. The number of carbonyl (C=O) groups is 2. The van der Waals surface area contributed by atoms with E-state index in [9.17, 15) is 9.59 Å². The molecule has 0 radical (unpaired) electrons. The van der Waals surface area contributed by atoms with Crippen LogP contribution in [0.2, 0.25) is 0 Å². The topological polar surface area (TPSA) is 52.6 Å². The first-order valence-corrected chi connectivity index (χ1v) is 5.60. The van der Waals surface area contributed by atoms with Crippen LogP contribution in [-0.2, 0) is 19.1 Å². The highest BCUT2D eigenvalue weighted by Gasteiger charge is 2.57. The standard InChI is InChI=1S/C13H16O4/c1-8(11(14)16-2)13(12(15)17-3)7-9-4-5-10(13)6-9/h4-5,9-10H,1,6-7H2,2-3H3. The lowest BCUT2D eigenvalue weighted by Crippen LogP contribution is -2.40. The van der Waals surface area contributed by atoms with Crippen molar-refractivity contribution in [2.24, 2.45) is 17.3 Å². The Morgan fingerprint density at radius 3 is 2.41 bits per heavy atom. The van der Waals surface area contributed by atoms with Gasteiger partial charge in [-0.25, -0.2) is 4.79 Å². The molecule has 4 nitrogen and oxygen atoms in total. The molecule has 0 aliphatic heterocycles. The lowest BCUT2D eigenvalue weighted by atomic mass is 9.70. The number of allylic oxidation sites excluding steroid dienone is 2. The first-order valence-electron chi connectivity index (χ1n) is 5.60. The summed E-state index contributed by atoms with van der Waals surface area (Å²) >= 11 is 0. The molecule has 1 saturated carbocycles. The average Bonchev–Trinajstić information content (AvgIpc) is 2.96. The van der Waals surface area contributed by atoms with Crippen molar-refractivity contribution in [1.82, 2.24) is 0 Å². The van der Waals surface area contributed by atoms with Crippen molar-refractivity contribution < 1.29 is 19.1 Å². The fourth-order valence-electron chi connectivity index (χ4n) is 3.05. The second-order valence-corrected chi connectivity index (χ2v) is 4.62. The van der Waals surface area contributed by atoms with Gasteiger partial charge < -0.3 is 9.47 Å². The molecule has 0 aromatic carbocycles. The number of methoxy groups -OCH3 is 2. The molecule has 0 aromatic heterocycles. The Kier molecular flexibility index (Phi) is 2.81. The summed E-state index contributed by atoms with van der Waals surface area (Å²) in [5, 5.41) is 0. The van der Waals surface area contributed by atoms with E-state index in [1.54, 1.807) is 0 Å². The predicted octanol–water partition coefficient (Wildman–Crippen LogP) is 1.47. The predicted molar refractivity (Wildman–Crippen MR) is 61.0 cm³/mol. The third kappa shape index (κ3) is 1.51. The number of esters is 2. The van der Waals surface area contributed by atoms with Crippen molar-refractivity contribution in [2.75, 3.05) is 14.2 Å². The average molecular weight is 236 g/mol. The van der Waals surface area contributed by atoms with Gasteiger partial charge in [-0.15, -0.1) is 0 Å². The van der Waals surface area contributed by atoms with Crippen LogP contribution in [0.1, 0.15) is 12.8 Å². The SMILES string of the molecule is C=C(C(=O)OC)C1(C(=O)OC)CC2C=CC1C2. The summed E-state index contributed by atoms with van der Waals surface area (Å²) in [6, 6.07) is 0. The van der Waals surface area contributed by atoms with Crippen LogP contribution in [0.25, 0.3) is 0 Å². The Hall–Kier alpha value is -1.58. The van der Waals surface area contributed by atoms with Crippen molar-refractivity contribution in [3.05, 3.63) is 24.3 Å². The van der Waals surface area contributed by atoms with Gasteiger partial charge in [0.25, 0.3) is 0 Å². The van der Waals surface area contributed by atoms with Crippen molar-refractivity contribution >= 4 is 11.9 Å². The second-order valence-electron chi connectivity index (χ2n) is 4.62. The molecule has 3 atom stereocenters. The van der Waals surface area contributed by atoms with E-state index in [1.807, 2.05) is 6.08 Å². The zero-order valence-corrected chi connectivity index (χ0v) is 10.1. The monoisotopic (exact) mass is 236 g/mol. The van der Waals surface area contributed by atoms with Crippen LogP contribution in [0.4, 0.5) is 0 Å². The molecule has 2 bridgehead atoms. The quantitative estimate of drug-likeness (QED) is 0.423. The normalized spacial score (nSPS) is 33.5. The molecule has 1 fully saturated rings. The molecule has 0 N–H and O–H groups in total. The summed E-state index contributed by atoms with van der Waals surface area (Å²) in [4.78, 5) is 23.7. The van der Waals surface area contributed by atoms with Gasteiger partial charge in [-0.3, -0.25) is 4.79 Å². The number of carbonyl (C=O) groups excluding carboxylic acids is 2. The van der Waals surface area contributed by atoms with Gasteiger partial charge in [-0.05, 0) is 24.7 Å². The van der Waals surface area contributed by atoms with Crippen LogP contribution in [0, 0.1) is 17.3 Å². The van der Waals surface area contributed by atoms with Gasteiger partial charge in [0, 0.05) is 5.57 Å². The van der Waals surface area contributed by atoms with Gasteiger partial charge in [0.05, 0.1) is 14.2 Å². The maximum absolute atomic E-state index is 12.1. The fraction of sp³-hybridized carbons (Fsp3) is 0.538. The molecule has 0 aromatic rings. The highest BCUT2D eigenvalue weighted by Crippen LogP contribution is 2.56. The van der Waals surface area contributed by atoms with E-state index in [-0.39, 0.29) is 17.5 Å². The number of ether oxygens (including phenoxy) is 2. The highest BCUT2D eigenvalue weighted by molar-refractivity contribution is 5.98. The van der Waals surface area contributed by atoms with E-state index in [0.717, 1.165) is 6.42 Å². The zero-order valence-electron chi connectivity index (χ0n) is 10.1. The number of hydrogen-bond acceptors (Lipinski definition) is 4. The molecule has 2 rings (SSSR count). The van der Waals surface area contributed by atoms with Gasteiger partial charge in [0.1, 0.15) is 5.41 Å². The Balaban J connectivity index is 2.39. The Morgan fingerprint density at radius 2 is 2.00 bits per heavy atom. The minimum absolute atomic E-state index is 0.00606. The van der Waals surface area contributed by atoms with Gasteiger partial charge >= 0.3 is 11.9 Å². The Labute approximate surface area is 100 Å². The molecular weight excluding hydrogens is 220 g/mol. The van der Waals surface area contributed by atoms with Crippen LogP contribution in [0.15, 0.2) is 24.3 Å². The van der Waals surface area contributed by atoms with E-state index < -0.39 is 11.4 Å². The van der Waals surface area contributed by atoms with Crippen LogP contribution < -0.4 is 0 Å². The molecule has 17 heavy (non-hydrogen) atoms. The number of hydrogen-bond donors (Lipinski definition) is 0. The smallest absolute Gasteiger partial charge is 0.334 e. The third-order valence-corrected chi connectivity index (χ3v) is 3.91. The van der Waals surface area contributed by atoms with Crippen LogP contribution in [0.3, 0.4) is 0 Å². The van der Waals surface area contributed by atoms with Crippen molar-refractivity contribution in [3.63, 3.8) is 0 Å². The van der Waals surface area contributed by atoms with Crippen LogP contribution in [0.5, 0.6) is 0 Å². The molecule has 0 amide bonds. The second kappa shape index (κ2) is 4.02. The summed E-state index contributed by atoms with van der Waals surface area (Å²) in [7, 11) is 2.63. The summed E-state index contributed by atoms with van der Waals surface area (Å²) in [5.74, 6) is -0.576. The molecule has 3 unspecified atom stereocenters. The van der Waals surface area contributed by atoms with Gasteiger partial charge in [0.15, 0.2) is 0 Å². The molecule has 0 heterocycles. The molecule has 4 heteroatoms. The zero-order chi connectivity index (χ0) is 12.6. The summed E-state index contributed by atoms with van der Waals surface area (Å²) in [6.45, 7) is 3.76. The molecule has 0 spiro atoms. The van der Waals surface area contributed by atoms with Crippen molar-refractivity contribution in [2.45, 2.75) is 12.8 Å². The third-order valence-electron chi connectivity index (χ3n) is 3.91.